The zero-order chi connectivity index (χ0) is 24.0. The summed E-state index contributed by atoms with van der Waals surface area (Å²) in [6.07, 6.45) is 1.75. The highest BCUT2D eigenvalue weighted by molar-refractivity contribution is 7.16. The molecular formula is C24H28N2O6S. The Labute approximate surface area is 197 Å². The quantitative estimate of drug-likeness (QED) is 0.441. The monoisotopic (exact) mass is 472 g/mol. The van der Waals surface area contributed by atoms with E-state index in [0.717, 1.165) is 29.0 Å². The number of aromatic nitrogens is 1. The van der Waals surface area contributed by atoms with Gasteiger partial charge in [-0.05, 0) is 36.8 Å². The lowest BCUT2D eigenvalue weighted by molar-refractivity contribution is 0.102. The van der Waals surface area contributed by atoms with Gasteiger partial charge in [0, 0.05) is 16.0 Å². The third-order valence-electron chi connectivity index (χ3n) is 4.98. The van der Waals surface area contributed by atoms with Gasteiger partial charge in [0.1, 0.15) is 11.5 Å². The number of hydrogen-bond acceptors (Lipinski definition) is 8. The van der Waals surface area contributed by atoms with Gasteiger partial charge in [0.25, 0.3) is 5.91 Å². The first-order chi connectivity index (χ1) is 16.0. The van der Waals surface area contributed by atoms with Crippen LogP contribution in [0.25, 0.3) is 11.3 Å². The number of aryl methyl sites for hydroxylation is 1. The molecule has 1 aromatic heterocycles. The summed E-state index contributed by atoms with van der Waals surface area (Å²) in [4.78, 5) is 18.8. The van der Waals surface area contributed by atoms with Crippen LogP contribution in [0, 0.1) is 0 Å². The van der Waals surface area contributed by atoms with Crippen molar-refractivity contribution in [2.45, 2.75) is 19.8 Å². The number of carbonyl (C=O) groups is 1. The van der Waals surface area contributed by atoms with Gasteiger partial charge in [0.2, 0.25) is 5.75 Å². The third-order valence-corrected chi connectivity index (χ3v) is 6.01. The Bertz CT molecular complexity index is 1100. The van der Waals surface area contributed by atoms with Crippen molar-refractivity contribution >= 4 is 22.4 Å². The molecule has 1 N–H and O–H groups in total. The SMILES string of the molecule is CCCc1sc(NC(=O)c2cc(OC)c(OC)c(OC)c2)nc1-c1cc(OC)ccc1OC. The van der Waals surface area contributed by atoms with E-state index in [9.17, 15) is 4.79 Å². The fourth-order valence-electron chi connectivity index (χ4n) is 3.39. The van der Waals surface area contributed by atoms with Gasteiger partial charge in [-0.25, -0.2) is 4.98 Å². The maximum absolute atomic E-state index is 13.0. The second-order valence-electron chi connectivity index (χ2n) is 6.98. The Kier molecular flexibility index (Phi) is 8.00. The maximum Gasteiger partial charge on any atom is 0.257 e. The molecule has 0 aliphatic rings. The smallest absolute Gasteiger partial charge is 0.257 e. The van der Waals surface area contributed by atoms with E-state index in [1.54, 1.807) is 26.4 Å². The zero-order valence-electron chi connectivity index (χ0n) is 19.6. The molecule has 0 aliphatic heterocycles. The minimum absolute atomic E-state index is 0.338. The van der Waals surface area contributed by atoms with Crippen molar-refractivity contribution < 1.29 is 28.5 Å². The van der Waals surface area contributed by atoms with Gasteiger partial charge >= 0.3 is 0 Å². The van der Waals surface area contributed by atoms with Crippen LogP contribution in [-0.4, -0.2) is 46.4 Å². The van der Waals surface area contributed by atoms with Crippen molar-refractivity contribution in [1.29, 1.82) is 0 Å². The molecule has 176 valence electrons. The highest BCUT2D eigenvalue weighted by atomic mass is 32.1. The number of thiazole rings is 1. The van der Waals surface area contributed by atoms with Crippen molar-refractivity contribution in [3.63, 3.8) is 0 Å². The number of methoxy groups -OCH3 is 5. The molecule has 0 saturated carbocycles. The van der Waals surface area contributed by atoms with E-state index < -0.39 is 0 Å². The van der Waals surface area contributed by atoms with Gasteiger partial charge in [-0.2, -0.15) is 0 Å². The molecule has 0 unspecified atom stereocenters. The largest absolute Gasteiger partial charge is 0.497 e. The molecule has 8 nitrogen and oxygen atoms in total. The number of ether oxygens (including phenoxy) is 5. The van der Waals surface area contributed by atoms with Crippen LogP contribution in [-0.2, 0) is 6.42 Å². The second kappa shape index (κ2) is 10.9. The molecule has 33 heavy (non-hydrogen) atoms. The van der Waals surface area contributed by atoms with Crippen molar-refractivity contribution in [2.75, 3.05) is 40.9 Å². The number of rotatable bonds is 10. The van der Waals surface area contributed by atoms with Gasteiger partial charge < -0.3 is 23.7 Å². The van der Waals surface area contributed by atoms with Crippen molar-refractivity contribution in [1.82, 2.24) is 4.98 Å². The van der Waals surface area contributed by atoms with Crippen LogP contribution in [0.15, 0.2) is 30.3 Å². The molecule has 1 heterocycles. The van der Waals surface area contributed by atoms with Gasteiger partial charge in [-0.15, -0.1) is 11.3 Å². The summed E-state index contributed by atoms with van der Waals surface area (Å²) in [5, 5.41) is 3.38. The molecule has 0 radical (unpaired) electrons. The number of amides is 1. The first-order valence-corrected chi connectivity index (χ1v) is 11.1. The summed E-state index contributed by atoms with van der Waals surface area (Å²) in [5.41, 5.74) is 1.93. The normalized spacial score (nSPS) is 10.5. The van der Waals surface area contributed by atoms with Crippen LogP contribution < -0.4 is 29.0 Å². The van der Waals surface area contributed by atoms with E-state index in [-0.39, 0.29) is 5.91 Å². The average Bonchev–Trinajstić information content (AvgIpc) is 3.24. The molecule has 1 amide bonds. The number of hydrogen-bond donors (Lipinski definition) is 1. The molecule has 0 fully saturated rings. The Morgan fingerprint density at radius 2 is 1.58 bits per heavy atom. The Hall–Kier alpha value is -3.46. The summed E-state index contributed by atoms with van der Waals surface area (Å²) in [7, 11) is 7.75. The number of benzene rings is 2. The van der Waals surface area contributed by atoms with Crippen LogP contribution in [0.4, 0.5) is 5.13 Å². The lowest BCUT2D eigenvalue weighted by Gasteiger charge is -2.13. The second-order valence-corrected chi connectivity index (χ2v) is 8.06. The lowest BCUT2D eigenvalue weighted by Crippen LogP contribution is -2.12. The van der Waals surface area contributed by atoms with Gasteiger partial charge in [-0.3, -0.25) is 10.1 Å². The Morgan fingerprint density at radius 1 is 0.909 bits per heavy atom. The van der Waals surface area contributed by atoms with E-state index >= 15 is 0 Å². The summed E-state index contributed by atoms with van der Waals surface area (Å²) in [5.74, 6) is 2.26. The van der Waals surface area contributed by atoms with Crippen molar-refractivity contribution in [3.8, 4) is 40.0 Å². The lowest BCUT2D eigenvalue weighted by atomic mass is 10.1. The molecule has 0 bridgehead atoms. The highest BCUT2D eigenvalue weighted by Crippen LogP contribution is 2.40. The fourth-order valence-corrected chi connectivity index (χ4v) is 4.47. The van der Waals surface area contributed by atoms with E-state index in [1.807, 2.05) is 18.2 Å². The molecule has 2 aromatic carbocycles. The minimum Gasteiger partial charge on any atom is -0.497 e. The van der Waals surface area contributed by atoms with Crippen molar-refractivity contribution in [3.05, 3.63) is 40.8 Å². The number of anilines is 1. The summed E-state index contributed by atoms with van der Waals surface area (Å²) in [6, 6.07) is 8.77. The summed E-state index contributed by atoms with van der Waals surface area (Å²) in [6.45, 7) is 2.10. The predicted molar refractivity (Wildman–Crippen MR) is 129 cm³/mol. The predicted octanol–water partition coefficient (Wildman–Crippen LogP) is 5.06. The summed E-state index contributed by atoms with van der Waals surface area (Å²) < 4.78 is 27.0. The van der Waals surface area contributed by atoms with E-state index in [4.69, 9.17) is 28.7 Å². The average molecular weight is 473 g/mol. The third kappa shape index (κ3) is 5.14. The fraction of sp³-hybridized carbons (Fsp3) is 0.333. The Morgan fingerprint density at radius 3 is 2.12 bits per heavy atom. The zero-order valence-corrected chi connectivity index (χ0v) is 20.4. The molecule has 0 atom stereocenters. The summed E-state index contributed by atoms with van der Waals surface area (Å²) >= 11 is 1.44. The first kappa shape index (κ1) is 24.2. The molecular weight excluding hydrogens is 444 g/mol. The molecule has 3 rings (SSSR count). The van der Waals surface area contributed by atoms with E-state index in [2.05, 4.69) is 12.2 Å². The molecule has 3 aromatic rings. The number of carbonyl (C=O) groups excluding carboxylic acids is 1. The number of nitrogens with zero attached hydrogens (tertiary/aromatic N) is 1. The minimum atomic E-state index is -0.338. The van der Waals surface area contributed by atoms with Gasteiger partial charge in [-0.1, -0.05) is 13.3 Å². The van der Waals surface area contributed by atoms with E-state index in [0.29, 0.717) is 39.4 Å². The van der Waals surface area contributed by atoms with E-state index in [1.165, 1.54) is 32.7 Å². The molecule has 0 aliphatic carbocycles. The van der Waals surface area contributed by atoms with Crippen LogP contribution in [0.3, 0.4) is 0 Å². The molecule has 9 heteroatoms. The van der Waals surface area contributed by atoms with Crippen LogP contribution in [0.2, 0.25) is 0 Å². The molecule has 0 spiro atoms. The van der Waals surface area contributed by atoms with Crippen molar-refractivity contribution in [2.24, 2.45) is 0 Å². The van der Waals surface area contributed by atoms with Crippen LogP contribution >= 0.6 is 11.3 Å². The highest BCUT2D eigenvalue weighted by Gasteiger charge is 2.21. The maximum atomic E-state index is 13.0. The Balaban J connectivity index is 1.99. The van der Waals surface area contributed by atoms with Crippen LogP contribution in [0.5, 0.6) is 28.7 Å². The number of nitrogens with one attached hydrogen (secondary N) is 1. The van der Waals surface area contributed by atoms with Crippen LogP contribution in [0.1, 0.15) is 28.6 Å². The van der Waals surface area contributed by atoms with Gasteiger partial charge in [0.05, 0.1) is 41.2 Å². The van der Waals surface area contributed by atoms with Gasteiger partial charge in [0.15, 0.2) is 16.6 Å². The first-order valence-electron chi connectivity index (χ1n) is 10.3. The molecule has 0 saturated heterocycles. The standard InChI is InChI=1S/C24H28N2O6S/c1-7-8-20-21(16-13-15(28-2)9-10-17(16)29-3)25-24(33-20)26-23(27)14-11-18(30-4)22(32-6)19(12-14)31-5/h9-13H,7-8H2,1-6H3,(H,25,26,27). The topological polar surface area (TPSA) is 88.1 Å².